The zero-order valence-electron chi connectivity index (χ0n) is 10.0. The standard InChI is InChI=1S/C12H15BrFNO2/c1-8(7-17-3)15(2)12(16)10-5-4-9(13)6-11(10)14/h4-6,8H,7H2,1-3H3. The number of methoxy groups -OCH3 is 1. The number of nitrogens with zero attached hydrogens (tertiary/aromatic N) is 1. The Hall–Kier alpha value is -0.940. The minimum absolute atomic E-state index is 0.0682. The third kappa shape index (κ3) is 3.51. The molecule has 3 nitrogen and oxygen atoms in total. The molecule has 1 aromatic carbocycles. The van der Waals surface area contributed by atoms with Crippen LogP contribution in [0.5, 0.6) is 0 Å². The van der Waals surface area contributed by atoms with E-state index in [-0.39, 0.29) is 17.5 Å². The number of amides is 1. The third-order valence-corrected chi connectivity index (χ3v) is 3.04. The first-order valence-corrected chi connectivity index (χ1v) is 5.97. The average molecular weight is 304 g/mol. The van der Waals surface area contributed by atoms with Crippen molar-refractivity contribution in [2.75, 3.05) is 20.8 Å². The maximum atomic E-state index is 13.6. The summed E-state index contributed by atoms with van der Waals surface area (Å²) in [5, 5.41) is 0. The van der Waals surface area contributed by atoms with Gasteiger partial charge in [0.2, 0.25) is 0 Å². The summed E-state index contributed by atoms with van der Waals surface area (Å²) in [6.07, 6.45) is 0. The molecule has 0 spiro atoms. The number of rotatable bonds is 4. The van der Waals surface area contributed by atoms with Crippen molar-refractivity contribution < 1.29 is 13.9 Å². The zero-order valence-corrected chi connectivity index (χ0v) is 11.6. The molecule has 0 heterocycles. The maximum Gasteiger partial charge on any atom is 0.256 e. The molecule has 0 saturated heterocycles. The molecular formula is C12H15BrFNO2. The van der Waals surface area contributed by atoms with Crippen LogP contribution in [0, 0.1) is 5.82 Å². The molecule has 0 N–H and O–H groups in total. The number of hydrogen-bond donors (Lipinski definition) is 0. The van der Waals surface area contributed by atoms with Gasteiger partial charge >= 0.3 is 0 Å². The average Bonchev–Trinajstić information content (AvgIpc) is 2.27. The largest absolute Gasteiger partial charge is 0.383 e. The Balaban J connectivity index is 2.88. The summed E-state index contributed by atoms with van der Waals surface area (Å²) in [6.45, 7) is 2.26. The summed E-state index contributed by atoms with van der Waals surface area (Å²) < 4.78 is 19.2. The SMILES string of the molecule is COCC(C)N(C)C(=O)c1ccc(Br)cc1F. The fraction of sp³-hybridized carbons (Fsp3) is 0.417. The van der Waals surface area contributed by atoms with Gasteiger partial charge in [0.15, 0.2) is 0 Å². The van der Waals surface area contributed by atoms with Crippen molar-refractivity contribution in [1.82, 2.24) is 4.90 Å². The molecule has 0 aliphatic rings. The van der Waals surface area contributed by atoms with Crippen molar-refractivity contribution in [3.05, 3.63) is 34.1 Å². The normalized spacial score (nSPS) is 12.3. The van der Waals surface area contributed by atoms with Gasteiger partial charge in [-0.15, -0.1) is 0 Å². The van der Waals surface area contributed by atoms with Gasteiger partial charge in [-0.05, 0) is 25.1 Å². The Labute approximate surface area is 109 Å². The third-order valence-electron chi connectivity index (χ3n) is 2.55. The summed E-state index contributed by atoms with van der Waals surface area (Å²) in [5.41, 5.74) is 0.0682. The van der Waals surface area contributed by atoms with E-state index in [9.17, 15) is 9.18 Å². The predicted molar refractivity (Wildman–Crippen MR) is 67.5 cm³/mol. The second-order valence-corrected chi connectivity index (χ2v) is 4.76. The zero-order chi connectivity index (χ0) is 13.0. The molecule has 5 heteroatoms. The van der Waals surface area contributed by atoms with E-state index in [0.717, 1.165) is 0 Å². The molecule has 0 aliphatic carbocycles. The van der Waals surface area contributed by atoms with Crippen molar-refractivity contribution >= 4 is 21.8 Å². The van der Waals surface area contributed by atoms with Crippen molar-refractivity contribution in [2.24, 2.45) is 0 Å². The van der Waals surface area contributed by atoms with Crippen molar-refractivity contribution in [3.63, 3.8) is 0 Å². The summed E-state index contributed by atoms with van der Waals surface area (Å²) >= 11 is 3.15. The topological polar surface area (TPSA) is 29.5 Å². The number of ether oxygens (including phenoxy) is 1. The maximum absolute atomic E-state index is 13.6. The van der Waals surface area contributed by atoms with Crippen molar-refractivity contribution in [3.8, 4) is 0 Å². The van der Waals surface area contributed by atoms with Crippen LogP contribution in [0.1, 0.15) is 17.3 Å². The number of benzene rings is 1. The lowest BCUT2D eigenvalue weighted by Gasteiger charge is -2.24. The molecule has 0 aliphatic heterocycles. The Morgan fingerprint density at radius 2 is 2.24 bits per heavy atom. The van der Waals surface area contributed by atoms with Crippen LogP contribution >= 0.6 is 15.9 Å². The molecule has 0 bridgehead atoms. The highest BCUT2D eigenvalue weighted by atomic mass is 79.9. The van der Waals surface area contributed by atoms with Gasteiger partial charge in [0.1, 0.15) is 5.82 Å². The van der Waals surface area contributed by atoms with Crippen LogP contribution in [0.2, 0.25) is 0 Å². The smallest absolute Gasteiger partial charge is 0.256 e. The molecule has 0 fully saturated rings. The van der Waals surface area contributed by atoms with Crippen LogP contribution < -0.4 is 0 Å². The summed E-state index contributed by atoms with van der Waals surface area (Å²) in [6, 6.07) is 4.29. The molecule has 1 unspecified atom stereocenters. The van der Waals surface area contributed by atoms with E-state index in [2.05, 4.69) is 15.9 Å². The summed E-state index contributed by atoms with van der Waals surface area (Å²) in [5.74, 6) is -0.875. The quantitative estimate of drug-likeness (QED) is 0.856. The van der Waals surface area contributed by atoms with Gasteiger partial charge in [-0.2, -0.15) is 0 Å². The van der Waals surface area contributed by atoms with Gasteiger partial charge in [-0.25, -0.2) is 4.39 Å². The first kappa shape index (κ1) is 14.1. The summed E-state index contributed by atoms with van der Waals surface area (Å²) in [4.78, 5) is 13.5. The highest BCUT2D eigenvalue weighted by Gasteiger charge is 2.20. The molecule has 0 radical (unpaired) electrons. The molecule has 17 heavy (non-hydrogen) atoms. The van der Waals surface area contributed by atoms with E-state index in [1.807, 2.05) is 6.92 Å². The minimum atomic E-state index is -0.527. The lowest BCUT2D eigenvalue weighted by molar-refractivity contribution is 0.0629. The lowest BCUT2D eigenvalue weighted by atomic mass is 10.1. The van der Waals surface area contributed by atoms with Crippen molar-refractivity contribution in [2.45, 2.75) is 13.0 Å². The van der Waals surface area contributed by atoms with E-state index in [0.29, 0.717) is 11.1 Å². The van der Waals surface area contributed by atoms with Crippen LogP contribution in [0.3, 0.4) is 0 Å². The molecule has 1 aromatic rings. The number of hydrogen-bond acceptors (Lipinski definition) is 2. The molecule has 0 aromatic heterocycles. The van der Waals surface area contributed by atoms with E-state index in [4.69, 9.17) is 4.74 Å². The second-order valence-electron chi connectivity index (χ2n) is 3.84. The monoisotopic (exact) mass is 303 g/mol. The van der Waals surface area contributed by atoms with Gasteiger partial charge in [0, 0.05) is 18.6 Å². The molecular weight excluding hydrogens is 289 g/mol. The summed E-state index contributed by atoms with van der Waals surface area (Å²) in [7, 11) is 3.20. The Bertz CT molecular complexity index is 411. The molecule has 0 saturated carbocycles. The van der Waals surface area contributed by atoms with E-state index >= 15 is 0 Å². The molecule has 1 amide bonds. The Morgan fingerprint density at radius 3 is 2.76 bits per heavy atom. The number of halogens is 2. The fourth-order valence-corrected chi connectivity index (χ4v) is 1.74. The lowest BCUT2D eigenvalue weighted by Crippen LogP contribution is -2.38. The van der Waals surface area contributed by atoms with Gasteiger partial charge in [0.05, 0.1) is 18.2 Å². The van der Waals surface area contributed by atoms with Crippen LogP contribution in [-0.2, 0) is 4.74 Å². The van der Waals surface area contributed by atoms with Crippen LogP contribution in [0.15, 0.2) is 22.7 Å². The fourth-order valence-electron chi connectivity index (χ4n) is 1.41. The highest BCUT2D eigenvalue weighted by Crippen LogP contribution is 2.17. The first-order chi connectivity index (χ1) is 7.97. The van der Waals surface area contributed by atoms with E-state index in [1.165, 1.54) is 17.0 Å². The molecule has 94 valence electrons. The highest BCUT2D eigenvalue weighted by molar-refractivity contribution is 9.10. The van der Waals surface area contributed by atoms with Gasteiger partial charge in [0.25, 0.3) is 5.91 Å². The Kier molecular flexibility index (Phi) is 5.08. The number of likely N-dealkylation sites (N-methyl/N-ethyl adjacent to an activating group) is 1. The first-order valence-electron chi connectivity index (χ1n) is 5.18. The Morgan fingerprint density at radius 1 is 1.59 bits per heavy atom. The van der Waals surface area contributed by atoms with Crippen molar-refractivity contribution in [1.29, 1.82) is 0 Å². The minimum Gasteiger partial charge on any atom is -0.383 e. The number of carbonyl (C=O) groups excluding carboxylic acids is 1. The van der Waals surface area contributed by atoms with Crippen LogP contribution in [0.25, 0.3) is 0 Å². The van der Waals surface area contributed by atoms with Crippen LogP contribution in [0.4, 0.5) is 4.39 Å². The van der Waals surface area contributed by atoms with Gasteiger partial charge in [-0.1, -0.05) is 15.9 Å². The molecule has 1 atom stereocenters. The number of carbonyl (C=O) groups is 1. The van der Waals surface area contributed by atoms with Gasteiger partial charge in [-0.3, -0.25) is 4.79 Å². The van der Waals surface area contributed by atoms with E-state index < -0.39 is 5.82 Å². The van der Waals surface area contributed by atoms with Crippen LogP contribution in [-0.4, -0.2) is 37.6 Å². The van der Waals surface area contributed by atoms with E-state index in [1.54, 1.807) is 20.2 Å². The van der Waals surface area contributed by atoms with Gasteiger partial charge < -0.3 is 9.64 Å². The predicted octanol–water partition coefficient (Wildman–Crippen LogP) is 2.70. The molecule has 1 rings (SSSR count). The second kappa shape index (κ2) is 6.12.